The Bertz CT molecular complexity index is 141. The Morgan fingerprint density at radius 2 is 2.71 bits per heavy atom. The van der Waals surface area contributed by atoms with Gasteiger partial charge in [0, 0.05) is 0 Å². The van der Waals surface area contributed by atoms with Gasteiger partial charge in [0.05, 0.1) is 18.2 Å². The van der Waals surface area contributed by atoms with E-state index in [-0.39, 0.29) is 0 Å². The number of H-pyrrole nitrogens is 1. The van der Waals surface area contributed by atoms with E-state index in [0.29, 0.717) is 0 Å². The fraction of sp³-hybridized carbons (Fsp3) is 0. The summed E-state index contributed by atoms with van der Waals surface area (Å²) in [6, 6.07) is 0. The van der Waals surface area contributed by atoms with Crippen molar-refractivity contribution in [1.82, 2.24) is 9.97 Å². The van der Waals surface area contributed by atoms with E-state index in [0.717, 1.165) is 5.69 Å². The topological polar surface area (TPSA) is 28.7 Å². The first-order chi connectivity index (χ1) is 3.43. The number of hydrogen-bond donors (Lipinski definition) is 1. The highest BCUT2D eigenvalue weighted by atomic mass is 14.8. The molecular weight excluding hydrogens is 88.1 g/mol. The summed E-state index contributed by atoms with van der Waals surface area (Å²) >= 11 is 0. The van der Waals surface area contributed by atoms with E-state index < -0.39 is 0 Å². The molecule has 1 rings (SSSR count). The van der Waals surface area contributed by atoms with Gasteiger partial charge >= 0.3 is 0 Å². The van der Waals surface area contributed by atoms with Crippen molar-refractivity contribution in [3.63, 3.8) is 0 Å². The summed E-state index contributed by atoms with van der Waals surface area (Å²) in [5.74, 6) is 0. The second kappa shape index (κ2) is 1.60. The van der Waals surface area contributed by atoms with E-state index in [4.69, 9.17) is 6.58 Å². The van der Waals surface area contributed by atoms with Crippen molar-refractivity contribution in [2.24, 2.45) is 0 Å². The zero-order valence-electron chi connectivity index (χ0n) is 3.76. The maximum absolute atomic E-state index is 5.10. The van der Waals surface area contributed by atoms with Gasteiger partial charge in [-0.15, -0.1) is 0 Å². The molecule has 1 N–H and O–H groups in total. The standard InChI is InChI=1S/C5H5N2/c1-2-5-3-6-4-7-5/h1-4H,(H,6,7). The Morgan fingerprint density at radius 3 is 3.00 bits per heavy atom. The molecule has 0 unspecified atom stereocenters. The van der Waals surface area contributed by atoms with Crippen LogP contribution in [-0.4, -0.2) is 9.97 Å². The molecular formula is C5H5N2. The van der Waals surface area contributed by atoms with Crippen molar-refractivity contribution in [1.29, 1.82) is 0 Å². The van der Waals surface area contributed by atoms with E-state index in [1.807, 2.05) is 0 Å². The fourth-order valence-electron chi connectivity index (χ4n) is 0.358. The molecule has 0 aliphatic carbocycles. The van der Waals surface area contributed by atoms with Crippen LogP contribution >= 0.6 is 0 Å². The van der Waals surface area contributed by atoms with Gasteiger partial charge in [0.15, 0.2) is 0 Å². The molecule has 0 aliphatic rings. The molecule has 2 heteroatoms. The average molecular weight is 93.1 g/mol. The smallest absolute Gasteiger partial charge is 0.0924 e. The van der Waals surface area contributed by atoms with Gasteiger partial charge < -0.3 is 4.98 Å². The number of aromatic nitrogens is 2. The molecule has 1 aromatic heterocycles. The minimum absolute atomic E-state index is 0.847. The van der Waals surface area contributed by atoms with Gasteiger partial charge in [-0.25, -0.2) is 4.98 Å². The minimum Gasteiger partial charge on any atom is -0.345 e. The molecule has 7 heavy (non-hydrogen) atoms. The summed E-state index contributed by atoms with van der Waals surface area (Å²) in [5, 5.41) is 0. The highest BCUT2D eigenvalue weighted by Crippen LogP contribution is 1.88. The van der Waals surface area contributed by atoms with Crippen LogP contribution in [-0.2, 0) is 0 Å². The predicted molar refractivity (Wildman–Crippen MR) is 27.4 cm³/mol. The summed E-state index contributed by atoms with van der Waals surface area (Å²) < 4.78 is 0. The third-order valence-electron chi connectivity index (χ3n) is 0.699. The normalized spacial score (nSPS) is 8.57. The first-order valence-corrected chi connectivity index (χ1v) is 1.97. The number of rotatable bonds is 1. The average Bonchev–Trinajstić information content (AvgIpc) is 2.14. The predicted octanol–water partition coefficient (Wildman–Crippen LogP) is 0.856. The van der Waals surface area contributed by atoms with Crippen molar-refractivity contribution in [3.8, 4) is 0 Å². The first kappa shape index (κ1) is 4.12. The molecule has 1 aromatic rings. The Kier molecular flexibility index (Phi) is 0.941. The molecule has 0 bridgehead atoms. The second-order valence-corrected chi connectivity index (χ2v) is 1.17. The van der Waals surface area contributed by atoms with Crippen LogP contribution in [0.15, 0.2) is 12.5 Å². The molecule has 0 fully saturated rings. The van der Waals surface area contributed by atoms with Crippen LogP contribution < -0.4 is 0 Å². The minimum atomic E-state index is 0.847. The third-order valence-corrected chi connectivity index (χ3v) is 0.699. The van der Waals surface area contributed by atoms with Crippen molar-refractivity contribution < 1.29 is 0 Å². The molecule has 0 saturated heterocycles. The maximum Gasteiger partial charge on any atom is 0.0924 e. The summed E-state index contributed by atoms with van der Waals surface area (Å²) in [6.45, 7) is 5.10. The van der Waals surface area contributed by atoms with Crippen LogP contribution in [0.4, 0.5) is 0 Å². The molecule has 2 nitrogen and oxygen atoms in total. The number of hydrogen-bond acceptors (Lipinski definition) is 1. The molecule has 1 heterocycles. The maximum atomic E-state index is 5.10. The highest BCUT2D eigenvalue weighted by molar-refractivity contribution is 5.37. The van der Waals surface area contributed by atoms with E-state index in [1.165, 1.54) is 6.08 Å². The van der Waals surface area contributed by atoms with E-state index in [2.05, 4.69) is 9.97 Å². The monoisotopic (exact) mass is 93.0 g/mol. The fourth-order valence-corrected chi connectivity index (χ4v) is 0.358. The van der Waals surface area contributed by atoms with Crippen LogP contribution in [0.3, 0.4) is 0 Å². The van der Waals surface area contributed by atoms with Gasteiger partial charge in [0.25, 0.3) is 0 Å². The molecule has 0 saturated carbocycles. The van der Waals surface area contributed by atoms with Crippen LogP contribution in [0.5, 0.6) is 0 Å². The Labute approximate surface area is 41.9 Å². The molecule has 0 spiro atoms. The van der Waals surface area contributed by atoms with Gasteiger partial charge in [0.2, 0.25) is 0 Å². The SMILES string of the molecule is [CH]=Cc1cnc[nH]1. The second-order valence-electron chi connectivity index (χ2n) is 1.17. The van der Waals surface area contributed by atoms with Gasteiger partial charge in [-0.3, -0.25) is 0 Å². The van der Waals surface area contributed by atoms with Crippen LogP contribution in [0.2, 0.25) is 0 Å². The summed E-state index contributed by atoms with van der Waals surface area (Å²) in [6.07, 6.45) is 4.70. The third kappa shape index (κ3) is 0.682. The molecule has 0 aromatic carbocycles. The van der Waals surface area contributed by atoms with Crippen LogP contribution in [0.1, 0.15) is 5.69 Å². The lowest BCUT2D eigenvalue weighted by Gasteiger charge is -1.72. The number of nitrogens with zero attached hydrogens (tertiary/aromatic N) is 1. The quantitative estimate of drug-likeness (QED) is 0.548. The first-order valence-electron chi connectivity index (χ1n) is 1.97. The van der Waals surface area contributed by atoms with Crippen molar-refractivity contribution in [2.45, 2.75) is 0 Å². The van der Waals surface area contributed by atoms with E-state index in [9.17, 15) is 0 Å². The Morgan fingerprint density at radius 1 is 1.86 bits per heavy atom. The number of nitrogens with one attached hydrogen (secondary N) is 1. The Hall–Kier alpha value is -1.05. The lowest BCUT2D eigenvalue weighted by molar-refractivity contribution is 1.31. The molecule has 1 radical (unpaired) electrons. The van der Waals surface area contributed by atoms with E-state index >= 15 is 0 Å². The van der Waals surface area contributed by atoms with Crippen molar-refractivity contribution in [3.05, 3.63) is 24.8 Å². The lowest BCUT2D eigenvalue weighted by Crippen LogP contribution is -1.61. The van der Waals surface area contributed by atoms with Gasteiger partial charge in [-0.2, -0.15) is 0 Å². The summed E-state index contributed by atoms with van der Waals surface area (Å²) in [7, 11) is 0. The largest absolute Gasteiger partial charge is 0.345 e. The highest BCUT2D eigenvalue weighted by Gasteiger charge is 1.78. The van der Waals surface area contributed by atoms with Crippen molar-refractivity contribution in [2.75, 3.05) is 0 Å². The number of aromatic amines is 1. The zero-order valence-corrected chi connectivity index (χ0v) is 3.76. The lowest BCUT2D eigenvalue weighted by atomic mass is 10.5. The number of imidazole rings is 1. The van der Waals surface area contributed by atoms with Gasteiger partial charge in [0.1, 0.15) is 0 Å². The Balaban J connectivity index is 2.96. The van der Waals surface area contributed by atoms with Gasteiger partial charge in [-0.05, 0) is 6.08 Å². The van der Waals surface area contributed by atoms with E-state index in [1.54, 1.807) is 12.5 Å². The molecule has 0 aliphatic heterocycles. The summed E-state index contributed by atoms with van der Waals surface area (Å²) in [5.41, 5.74) is 0.847. The summed E-state index contributed by atoms with van der Waals surface area (Å²) in [4.78, 5) is 6.52. The molecule has 0 atom stereocenters. The van der Waals surface area contributed by atoms with Crippen LogP contribution in [0, 0.1) is 6.58 Å². The van der Waals surface area contributed by atoms with Crippen molar-refractivity contribution >= 4 is 6.08 Å². The zero-order chi connectivity index (χ0) is 5.11. The van der Waals surface area contributed by atoms with Crippen LogP contribution in [0.25, 0.3) is 6.08 Å². The van der Waals surface area contributed by atoms with Gasteiger partial charge in [-0.1, -0.05) is 6.58 Å². The molecule has 0 amide bonds. The molecule has 35 valence electrons.